The molecule has 4 heteroatoms. The third-order valence-electron chi connectivity index (χ3n) is 1.94. The molecule has 0 bridgehead atoms. The Balaban J connectivity index is 2.18. The highest BCUT2D eigenvalue weighted by atomic mass is 32.2. The highest BCUT2D eigenvalue weighted by molar-refractivity contribution is 8.13. The molecule has 0 atom stereocenters. The van der Waals surface area contributed by atoms with E-state index in [4.69, 9.17) is 4.42 Å². The molecule has 0 aliphatic rings. The van der Waals surface area contributed by atoms with Crippen LogP contribution < -0.4 is 0 Å². The number of carbonyl (C=O) groups excluding carboxylic acids is 1. The van der Waals surface area contributed by atoms with Crippen LogP contribution in [0.25, 0.3) is 11.1 Å². The van der Waals surface area contributed by atoms with Crippen LogP contribution in [0.1, 0.15) is 12.8 Å². The lowest BCUT2D eigenvalue weighted by atomic mass is 10.3. The minimum Gasteiger partial charge on any atom is -0.440 e. The van der Waals surface area contributed by atoms with Gasteiger partial charge in [0.25, 0.3) is 0 Å². The first-order valence-electron chi connectivity index (χ1n) is 4.79. The maximum absolute atomic E-state index is 11.4. The van der Waals surface area contributed by atoms with Gasteiger partial charge in [-0.05, 0) is 17.9 Å². The van der Waals surface area contributed by atoms with Crippen LogP contribution in [-0.4, -0.2) is 15.9 Å². The predicted molar refractivity (Wildman–Crippen MR) is 60.9 cm³/mol. The van der Waals surface area contributed by atoms with E-state index in [9.17, 15) is 4.79 Å². The van der Waals surface area contributed by atoms with Gasteiger partial charge in [-0.3, -0.25) is 4.79 Å². The van der Waals surface area contributed by atoms with Crippen molar-refractivity contribution in [2.75, 3.05) is 5.75 Å². The number of thioether (sulfide) groups is 1. The molecule has 0 saturated heterocycles. The Kier molecular flexibility index (Phi) is 3.06. The van der Waals surface area contributed by atoms with Crippen molar-refractivity contribution in [2.45, 2.75) is 13.3 Å². The summed E-state index contributed by atoms with van der Waals surface area (Å²) in [6.45, 7) is 1.95. The zero-order valence-corrected chi connectivity index (χ0v) is 9.21. The number of nitrogens with zero attached hydrogens (tertiary/aromatic N) is 1. The Hall–Kier alpha value is -1.29. The van der Waals surface area contributed by atoms with Gasteiger partial charge in [-0.1, -0.05) is 30.8 Å². The van der Waals surface area contributed by atoms with Gasteiger partial charge in [-0.15, -0.1) is 0 Å². The van der Waals surface area contributed by atoms with Crippen LogP contribution in [0.5, 0.6) is 0 Å². The van der Waals surface area contributed by atoms with Gasteiger partial charge in [0, 0.05) is 0 Å². The SMILES string of the molecule is CCSC(=O)Cc1nc2ccccc2o1. The minimum absolute atomic E-state index is 0.101. The molecule has 0 fully saturated rings. The van der Waals surface area contributed by atoms with Gasteiger partial charge in [0.15, 0.2) is 10.7 Å². The molecule has 0 saturated carbocycles. The molecule has 1 aromatic carbocycles. The first-order valence-corrected chi connectivity index (χ1v) is 5.78. The molecule has 15 heavy (non-hydrogen) atoms. The van der Waals surface area contributed by atoms with E-state index >= 15 is 0 Å². The van der Waals surface area contributed by atoms with Crippen molar-refractivity contribution in [3.8, 4) is 0 Å². The number of fused-ring (bicyclic) bond motifs is 1. The second-order valence-corrected chi connectivity index (χ2v) is 4.38. The average Bonchev–Trinajstić information content (AvgIpc) is 2.59. The molecule has 78 valence electrons. The van der Waals surface area contributed by atoms with Gasteiger partial charge in [0.2, 0.25) is 5.89 Å². The van der Waals surface area contributed by atoms with Crippen LogP contribution >= 0.6 is 11.8 Å². The molecular formula is C11H11NO2S. The summed E-state index contributed by atoms with van der Waals surface area (Å²) in [5, 5.41) is 0.101. The average molecular weight is 221 g/mol. The molecule has 0 spiro atoms. The summed E-state index contributed by atoms with van der Waals surface area (Å²) in [5.41, 5.74) is 1.54. The maximum Gasteiger partial charge on any atom is 0.203 e. The zero-order chi connectivity index (χ0) is 10.7. The Bertz CT molecular complexity index is 445. The number of hydrogen-bond acceptors (Lipinski definition) is 4. The number of rotatable bonds is 3. The van der Waals surface area contributed by atoms with Crippen molar-refractivity contribution in [3.05, 3.63) is 30.2 Å². The Morgan fingerprint density at radius 3 is 3.00 bits per heavy atom. The lowest BCUT2D eigenvalue weighted by Gasteiger charge is -1.92. The highest BCUT2D eigenvalue weighted by Crippen LogP contribution is 2.16. The number of aromatic nitrogens is 1. The van der Waals surface area contributed by atoms with Gasteiger partial charge < -0.3 is 4.42 Å². The highest BCUT2D eigenvalue weighted by Gasteiger charge is 2.09. The number of carbonyl (C=O) groups is 1. The van der Waals surface area contributed by atoms with Gasteiger partial charge in [0.1, 0.15) is 5.52 Å². The Morgan fingerprint density at radius 2 is 2.27 bits per heavy atom. The summed E-state index contributed by atoms with van der Waals surface area (Å²) in [7, 11) is 0. The quantitative estimate of drug-likeness (QED) is 0.799. The lowest BCUT2D eigenvalue weighted by Crippen LogP contribution is -1.97. The fourth-order valence-corrected chi connectivity index (χ4v) is 1.88. The second-order valence-electron chi connectivity index (χ2n) is 3.06. The van der Waals surface area contributed by atoms with Gasteiger partial charge in [-0.25, -0.2) is 4.98 Å². The predicted octanol–water partition coefficient (Wildman–Crippen LogP) is 2.65. The normalized spacial score (nSPS) is 10.7. The molecule has 0 aliphatic heterocycles. The third kappa shape index (κ3) is 2.39. The van der Waals surface area contributed by atoms with Crippen molar-refractivity contribution < 1.29 is 9.21 Å². The van der Waals surface area contributed by atoms with E-state index in [1.807, 2.05) is 31.2 Å². The Morgan fingerprint density at radius 1 is 1.47 bits per heavy atom. The molecule has 1 aromatic heterocycles. The summed E-state index contributed by atoms with van der Waals surface area (Å²) in [5.74, 6) is 1.29. The number of para-hydroxylation sites is 2. The summed E-state index contributed by atoms with van der Waals surface area (Å²) in [6.07, 6.45) is 0.271. The monoisotopic (exact) mass is 221 g/mol. The van der Waals surface area contributed by atoms with E-state index in [1.165, 1.54) is 11.8 Å². The standard InChI is InChI=1S/C11H11NO2S/c1-2-15-11(13)7-10-12-8-5-3-4-6-9(8)14-10/h3-6H,2,7H2,1H3. The first-order chi connectivity index (χ1) is 7.29. The maximum atomic E-state index is 11.4. The number of oxazole rings is 1. The van der Waals surface area contributed by atoms with Crippen LogP contribution in [-0.2, 0) is 11.2 Å². The fraction of sp³-hybridized carbons (Fsp3) is 0.273. The molecule has 1 heterocycles. The van der Waals surface area contributed by atoms with Gasteiger partial charge in [-0.2, -0.15) is 0 Å². The summed E-state index contributed by atoms with van der Waals surface area (Å²) < 4.78 is 5.44. The van der Waals surface area contributed by atoms with Crippen molar-refractivity contribution >= 4 is 28.0 Å². The van der Waals surface area contributed by atoms with Crippen LogP contribution in [0, 0.1) is 0 Å². The smallest absolute Gasteiger partial charge is 0.203 e. The fourth-order valence-electron chi connectivity index (χ4n) is 1.33. The van der Waals surface area contributed by atoms with Crippen LogP contribution in [0.15, 0.2) is 28.7 Å². The second kappa shape index (κ2) is 4.49. The van der Waals surface area contributed by atoms with Crippen molar-refractivity contribution in [2.24, 2.45) is 0 Å². The molecule has 2 aromatic rings. The van der Waals surface area contributed by atoms with Crippen molar-refractivity contribution in [3.63, 3.8) is 0 Å². The topological polar surface area (TPSA) is 43.1 Å². The van der Waals surface area contributed by atoms with Crippen LogP contribution in [0.2, 0.25) is 0 Å². The number of hydrogen-bond donors (Lipinski definition) is 0. The first kappa shape index (κ1) is 10.2. The van der Waals surface area contributed by atoms with E-state index in [2.05, 4.69) is 4.98 Å². The van der Waals surface area contributed by atoms with E-state index < -0.39 is 0 Å². The summed E-state index contributed by atoms with van der Waals surface area (Å²) >= 11 is 1.30. The molecule has 0 radical (unpaired) electrons. The van der Waals surface area contributed by atoms with E-state index in [1.54, 1.807) is 0 Å². The summed E-state index contributed by atoms with van der Waals surface area (Å²) in [4.78, 5) is 15.6. The lowest BCUT2D eigenvalue weighted by molar-refractivity contribution is -0.110. The van der Waals surface area contributed by atoms with Gasteiger partial charge >= 0.3 is 0 Å². The molecule has 0 N–H and O–H groups in total. The molecule has 0 aliphatic carbocycles. The van der Waals surface area contributed by atoms with E-state index in [-0.39, 0.29) is 11.5 Å². The van der Waals surface area contributed by atoms with Crippen LogP contribution in [0.4, 0.5) is 0 Å². The van der Waals surface area contributed by atoms with Crippen LogP contribution in [0.3, 0.4) is 0 Å². The Labute approximate surface area is 91.9 Å². The molecule has 2 rings (SSSR count). The molecular weight excluding hydrogens is 210 g/mol. The molecule has 0 unspecified atom stereocenters. The minimum atomic E-state index is 0.101. The van der Waals surface area contributed by atoms with Crippen molar-refractivity contribution in [1.82, 2.24) is 4.98 Å². The molecule has 0 amide bonds. The largest absolute Gasteiger partial charge is 0.440 e. The van der Waals surface area contributed by atoms with Gasteiger partial charge in [0.05, 0.1) is 6.42 Å². The number of benzene rings is 1. The van der Waals surface area contributed by atoms with E-state index in [0.29, 0.717) is 5.89 Å². The third-order valence-corrected chi connectivity index (χ3v) is 2.69. The van der Waals surface area contributed by atoms with Crippen molar-refractivity contribution in [1.29, 1.82) is 0 Å². The molecule has 3 nitrogen and oxygen atoms in total. The summed E-state index contributed by atoms with van der Waals surface area (Å²) in [6, 6.07) is 7.51. The van der Waals surface area contributed by atoms with E-state index in [0.717, 1.165) is 16.9 Å². The zero-order valence-electron chi connectivity index (χ0n) is 8.40.